The number of carbonyl (C=O) groups is 1. The molecule has 2 heterocycles. The molecule has 0 radical (unpaired) electrons. The molecule has 2 aliphatic rings. The van der Waals surface area contributed by atoms with Crippen molar-refractivity contribution in [3.63, 3.8) is 0 Å². The van der Waals surface area contributed by atoms with Crippen molar-refractivity contribution in [3.05, 3.63) is 82.9 Å². The molecule has 5 rings (SSSR count). The summed E-state index contributed by atoms with van der Waals surface area (Å²) in [7, 11) is 0. The zero-order valence-corrected chi connectivity index (χ0v) is 22.4. The first-order chi connectivity index (χ1) is 18.6. The topological polar surface area (TPSA) is 71.3 Å². The molecule has 38 heavy (non-hydrogen) atoms. The zero-order chi connectivity index (χ0) is 26.5. The van der Waals surface area contributed by atoms with Gasteiger partial charge in [-0.25, -0.2) is 4.79 Å². The fourth-order valence-electron chi connectivity index (χ4n) is 5.83. The van der Waals surface area contributed by atoms with Gasteiger partial charge in [0.05, 0.1) is 22.8 Å². The maximum atomic E-state index is 14.2. The zero-order valence-electron chi connectivity index (χ0n) is 22.4. The van der Waals surface area contributed by atoms with Gasteiger partial charge >= 0.3 is 5.69 Å². The van der Waals surface area contributed by atoms with E-state index in [1.54, 1.807) is 0 Å². The Labute approximate surface area is 225 Å². The maximum Gasteiger partial charge on any atom is 0.333 e. The van der Waals surface area contributed by atoms with E-state index in [0.717, 1.165) is 85.8 Å². The van der Waals surface area contributed by atoms with Crippen LogP contribution in [0.2, 0.25) is 0 Å². The molecule has 1 saturated heterocycles. The molecule has 7 nitrogen and oxygen atoms in total. The van der Waals surface area contributed by atoms with Gasteiger partial charge in [0.25, 0.3) is 0 Å². The molecule has 0 bridgehead atoms. The molecule has 0 spiro atoms. The molecule has 2 N–H and O–H groups in total. The van der Waals surface area contributed by atoms with E-state index in [9.17, 15) is 9.59 Å². The van der Waals surface area contributed by atoms with Crippen LogP contribution in [0.3, 0.4) is 0 Å². The summed E-state index contributed by atoms with van der Waals surface area (Å²) >= 11 is 0. The number of rotatable bonds is 8. The van der Waals surface area contributed by atoms with Gasteiger partial charge in [-0.2, -0.15) is 0 Å². The molecular formula is C31H39N5O2. The fraction of sp³-hybridized carbons (Fsp3) is 0.419. The van der Waals surface area contributed by atoms with Crippen LogP contribution in [-0.4, -0.2) is 52.7 Å². The molecule has 1 aliphatic carbocycles. The highest BCUT2D eigenvalue weighted by atomic mass is 16.2. The first kappa shape index (κ1) is 26.0. The largest absolute Gasteiger partial charge is 0.368 e. The second-order valence-corrected chi connectivity index (χ2v) is 10.4. The van der Waals surface area contributed by atoms with E-state index in [4.69, 9.17) is 0 Å². The van der Waals surface area contributed by atoms with Gasteiger partial charge in [0.15, 0.2) is 0 Å². The minimum Gasteiger partial charge on any atom is -0.368 e. The number of hydrogen-bond donors (Lipinski definition) is 2. The number of carbonyl (C=O) groups excluding carboxylic acids is 1. The number of piperazine rings is 1. The van der Waals surface area contributed by atoms with Gasteiger partial charge in [0.1, 0.15) is 0 Å². The van der Waals surface area contributed by atoms with Crippen molar-refractivity contribution in [3.8, 4) is 16.9 Å². The average Bonchev–Trinajstić information content (AvgIpc) is 3.25. The Morgan fingerprint density at radius 2 is 1.68 bits per heavy atom. The Balaban J connectivity index is 1.59. The molecule has 1 aromatic heterocycles. The number of aryl methyl sites for hydroxylation is 1. The minimum absolute atomic E-state index is 0.0900. The summed E-state index contributed by atoms with van der Waals surface area (Å²) < 4.78 is 3.65. The van der Waals surface area contributed by atoms with Crippen LogP contribution in [0.15, 0.2) is 66.0 Å². The van der Waals surface area contributed by atoms with E-state index < -0.39 is 0 Å². The van der Waals surface area contributed by atoms with Crippen LogP contribution < -0.4 is 16.3 Å². The second-order valence-electron chi connectivity index (χ2n) is 10.4. The lowest BCUT2D eigenvalue weighted by molar-refractivity contribution is -0.125. The smallest absolute Gasteiger partial charge is 0.333 e. The highest BCUT2D eigenvalue weighted by molar-refractivity contribution is 5.79. The van der Waals surface area contributed by atoms with E-state index in [2.05, 4.69) is 22.1 Å². The van der Waals surface area contributed by atoms with Gasteiger partial charge in [0.2, 0.25) is 5.91 Å². The number of aromatic nitrogens is 2. The third kappa shape index (κ3) is 5.34. The van der Waals surface area contributed by atoms with Crippen LogP contribution in [0, 0.1) is 12.8 Å². The predicted octanol–water partition coefficient (Wildman–Crippen LogP) is 4.19. The highest BCUT2D eigenvalue weighted by Crippen LogP contribution is 2.32. The molecule has 2 fully saturated rings. The second kappa shape index (κ2) is 11.9. The summed E-state index contributed by atoms with van der Waals surface area (Å²) in [5, 5.41) is 6.54. The van der Waals surface area contributed by atoms with Crippen molar-refractivity contribution in [2.45, 2.75) is 45.6 Å². The number of nitrogens with zero attached hydrogens (tertiary/aromatic N) is 3. The lowest BCUT2D eigenvalue weighted by atomic mass is 9.89. The quantitative estimate of drug-likeness (QED) is 0.474. The summed E-state index contributed by atoms with van der Waals surface area (Å²) in [4.78, 5) is 29.4. The van der Waals surface area contributed by atoms with Crippen LogP contribution >= 0.6 is 0 Å². The number of para-hydroxylation sites is 1. The average molecular weight is 514 g/mol. The number of benzene rings is 2. The molecule has 7 heteroatoms. The van der Waals surface area contributed by atoms with E-state index >= 15 is 0 Å². The van der Waals surface area contributed by atoms with E-state index in [1.165, 1.54) is 6.42 Å². The van der Waals surface area contributed by atoms with Crippen LogP contribution in [0.25, 0.3) is 22.6 Å². The molecule has 200 valence electrons. The molecule has 3 aromatic rings. The van der Waals surface area contributed by atoms with Crippen LogP contribution in [0.1, 0.15) is 43.4 Å². The maximum absolute atomic E-state index is 14.2. The molecule has 1 saturated carbocycles. The molecule has 0 unspecified atom stereocenters. The van der Waals surface area contributed by atoms with E-state index in [0.29, 0.717) is 13.1 Å². The van der Waals surface area contributed by atoms with Crippen molar-refractivity contribution in [1.82, 2.24) is 24.7 Å². The number of amides is 1. The first-order valence-corrected chi connectivity index (χ1v) is 14.0. The molecule has 1 aliphatic heterocycles. The molecular weight excluding hydrogens is 474 g/mol. The normalized spacial score (nSPS) is 16.4. The van der Waals surface area contributed by atoms with Crippen molar-refractivity contribution in [2.75, 3.05) is 32.7 Å². The van der Waals surface area contributed by atoms with Gasteiger partial charge in [-0.05, 0) is 31.4 Å². The third-order valence-electron chi connectivity index (χ3n) is 7.93. The summed E-state index contributed by atoms with van der Waals surface area (Å²) in [6.45, 7) is 10.7. The SMILES string of the molecule is C=C(c1c(-c2ccccc2)n(-c2ccccc2C)c(=O)n1CCNC(=O)C1CCCCC1)N1CCNCC1. The summed E-state index contributed by atoms with van der Waals surface area (Å²) in [5.74, 6) is 0.203. The van der Waals surface area contributed by atoms with Gasteiger partial charge in [-0.1, -0.05) is 74.4 Å². The Morgan fingerprint density at radius 3 is 2.39 bits per heavy atom. The molecule has 1 amide bonds. The molecule has 0 atom stereocenters. The van der Waals surface area contributed by atoms with Crippen molar-refractivity contribution in [1.29, 1.82) is 0 Å². The fourth-order valence-corrected chi connectivity index (χ4v) is 5.83. The van der Waals surface area contributed by atoms with Crippen LogP contribution in [0.5, 0.6) is 0 Å². The highest BCUT2D eigenvalue weighted by Gasteiger charge is 2.28. The Kier molecular flexibility index (Phi) is 8.13. The van der Waals surface area contributed by atoms with Crippen LogP contribution in [0.4, 0.5) is 0 Å². The molecule has 2 aromatic carbocycles. The minimum atomic E-state index is -0.114. The predicted molar refractivity (Wildman–Crippen MR) is 153 cm³/mol. The number of imidazole rings is 1. The van der Waals surface area contributed by atoms with E-state index in [1.807, 2.05) is 70.7 Å². The monoisotopic (exact) mass is 513 g/mol. The Bertz CT molecular complexity index is 1330. The van der Waals surface area contributed by atoms with Gasteiger partial charge < -0.3 is 15.5 Å². The lowest BCUT2D eigenvalue weighted by Gasteiger charge is -2.31. The third-order valence-corrected chi connectivity index (χ3v) is 7.93. The number of hydrogen-bond acceptors (Lipinski definition) is 4. The van der Waals surface area contributed by atoms with Crippen LogP contribution in [-0.2, 0) is 11.3 Å². The van der Waals surface area contributed by atoms with Gasteiger partial charge in [-0.3, -0.25) is 13.9 Å². The van der Waals surface area contributed by atoms with Crippen molar-refractivity contribution < 1.29 is 4.79 Å². The Morgan fingerprint density at radius 1 is 1.00 bits per heavy atom. The Hall–Kier alpha value is -3.58. The summed E-state index contributed by atoms with van der Waals surface area (Å²) in [6, 6.07) is 18.1. The number of nitrogens with one attached hydrogen (secondary N) is 2. The van der Waals surface area contributed by atoms with Gasteiger partial charge in [0, 0.05) is 50.7 Å². The lowest BCUT2D eigenvalue weighted by Crippen LogP contribution is -2.42. The first-order valence-electron chi connectivity index (χ1n) is 14.0. The van der Waals surface area contributed by atoms with Crippen molar-refractivity contribution >= 4 is 11.6 Å². The summed E-state index contributed by atoms with van der Waals surface area (Å²) in [6.07, 6.45) is 5.36. The summed E-state index contributed by atoms with van der Waals surface area (Å²) in [5.41, 5.74) is 5.23. The van der Waals surface area contributed by atoms with Gasteiger partial charge in [-0.15, -0.1) is 0 Å². The van der Waals surface area contributed by atoms with Crippen molar-refractivity contribution in [2.24, 2.45) is 5.92 Å². The standard InChI is InChI=1S/C31H39N5O2/c1-23-11-9-10-16-27(23)36-29(25-12-5-3-6-13-25)28(24(2)34-20-17-32-18-21-34)35(31(36)38)22-19-33-30(37)26-14-7-4-8-15-26/h3,5-6,9-13,16,26,32H,2,4,7-8,14-15,17-22H2,1H3,(H,33,37). The van der Waals surface area contributed by atoms with E-state index in [-0.39, 0.29) is 17.5 Å².